The first-order chi connectivity index (χ1) is 12.6. The average Bonchev–Trinajstić information content (AvgIpc) is 3.15. The highest BCUT2D eigenvalue weighted by atomic mass is 19.3. The number of halogens is 2. The second-order valence-electron chi connectivity index (χ2n) is 5.79. The third kappa shape index (κ3) is 4.41. The maximum atomic E-state index is 12.6. The molecule has 0 aliphatic carbocycles. The van der Waals surface area contributed by atoms with Crippen LogP contribution in [0.15, 0.2) is 36.8 Å². The number of nitrogens with zero attached hydrogens (tertiary/aromatic N) is 4. The van der Waals surface area contributed by atoms with Crippen molar-refractivity contribution in [2.24, 2.45) is 0 Å². The number of hydrogen-bond donors (Lipinski definition) is 1. The maximum Gasteiger partial charge on any atom is 0.272 e. The molecule has 3 heterocycles. The Morgan fingerprint density at radius 3 is 2.81 bits per heavy atom. The Balaban J connectivity index is 1.62. The third-order valence-electron chi connectivity index (χ3n) is 4.01. The van der Waals surface area contributed by atoms with Crippen molar-refractivity contribution >= 4 is 11.9 Å². The van der Waals surface area contributed by atoms with Crippen molar-refractivity contribution in [1.82, 2.24) is 20.3 Å². The zero-order valence-corrected chi connectivity index (χ0v) is 14.0. The predicted molar refractivity (Wildman–Crippen MR) is 90.0 cm³/mol. The molecule has 0 spiro atoms. The molecule has 1 atom stereocenters. The van der Waals surface area contributed by atoms with E-state index >= 15 is 0 Å². The highest BCUT2D eigenvalue weighted by molar-refractivity contribution is 5.85. The van der Waals surface area contributed by atoms with Crippen LogP contribution in [-0.4, -0.2) is 46.5 Å². The van der Waals surface area contributed by atoms with E-state index in [1.807, 2.05) is 4.90 Å². The van der Waals surface area contributed by atoms with Gasteiger partial charge in [-0.1, -0.05) is 6.07 Å². The van der Waals surface area contributed by atoms with Gasteiger partial charge >= 0.3 is 0 Å². The molecule has 2 aromatic heterocycles. The average molecular weight is 363 g/mol. The molecule has 1 unspecified atom stereocenters. The van der Waals surface area contributed by atoms with Crippen molar-refractivity contribution in [2.75, 3.05) is 18.1 Å². The van der Waals surface area contributed by atoms with Gasteiger partial charge in [-0.3, -0.25) is 4.79 Å². The van der Waals surface area contributed by atoms with E-state index in [0.717, 1.165) is 6.42 Å². The molecule has 1 aliphatic heterocycles. The normalized spacial score (nSPS) is 16.7. The lowest BCUT2D eigenvalue weighted by Crippen LogP contribution is -2.43. The Hall–Kier alpha value is -2.84. The number of pyridine rings is 1. The lowest BCUT2D eigenvalue weighted by molar-refractivity contribution is -0.122. The number of ether oxygens (including phenoxy) is 1. The number of aromatic nitrogens is 3. The summed E-state index contributed by atoms with van der Waals surface area (Å²) >= 11 is 0. The van der Waals surface area contributed by atoms with Gasteiger partial charge in [-0.05, 0) is 25.0 Å². The van der Waals surface area contributed by atoms with Crippen LogP contribution in [0.1, 0.15) is 18.4 Å². The van der Waals surface area contributed by atoms with E-state index in [1.54, 1.807) is 30.6 Å². The van der Waals surface area contributed by atoms with Gasteiger partial charge in [0.25, 0.3) is 6.43 Å². The minimum absolute atomic E-state index is 0.0998. The number of nitrogens with one attached hydrogen (secondary N) is 1. The molecule has 0 aromatic carbocycles. The zero-order chi connectivity index (χ0) is 18.4. The van der Waals surface area contributed by atoms with Crippen LogP contribution in [0.25, 0.3) is 0 Å². The highest BCUT2D eigenvalue weighted by Crippen LogP contribution is 2.22. The summed E-state index contributed by atoms with van der Waals surface area (Å²) in [4.78, 5) is 26.8. The van der Waals surface area contributed by atoms with Gasteiger partial charge in [-0.15, -0.1) is 0 Å². The summed E-state index contributed by atoms with van der Waals surface area (Å²) in [6, 6.07) is 4.70. The summed E-state index contributed by atoms with van der Waals surface area (Å²) in [5.41, 5.74) is 0.544. The standard InChI is InChI=1S/C17H19F2N5O2/c18-14(19)11-26-16-12(4-1-6-20-16)10-23-15(25)13-5-2-9-24(13)17-21-7-3-8-22-17/h1,3-4,6-8,13-14H,2,5,9-11H2,(H,23,25). The molecule has 0 bridgehead atoms. The first kappa shape index (κ1) is 18.0. The molecule has 2 aromatic rings. The van der Waals surface area contributed by atoms with Gasteiger partial charge in [0.05, 0.1) is 0 Å². The molecule has 3 rings (SSSR count). The topological polar surface area (TPSA) is 80.2 Å². The summed E-state index contributed by atoms with van der Waals surface area (Å²) in [5.74, 6) is 0.453. The number of carbonyl (C=O) groups excluding carboxylic acids is 1. The smallest absolute Gasteiger partial charge is 0.272 e. The highest BCUT2D eigenvalue weighted by Gasteiger charge is 2.32. The minimum atomic E-state index is -2.59. The number of anilines is 1. The molecule has 1 saturated heterocycles. The molecule has 1 N–H and O–H groups in total. The van der Waals surface area contributed by atoms with Crippen molar-refractivity contribution in [3.05, 3.63) is 42.4 Å². The first-order valence-corrected chi connectivity index (χ1v) is 8.31. The van der Waals surface area contributed by atoms with E-state index in [4.69, 9.17) is 4.74 Å². The van der Waals surface area contributed by atoms with Crippen molar-refractivity contribution in [2.45, 2.75) is 31.9 Å². The molecule has 26 heavy (non-hydrogen) atoms. The zero-order valence-electron chi connectivity index (χ0n) is 14.0. The predicted octanol–water partition coefficient (Wildman–Crippen LogP) is 1.80. The molecule has 1 aliphatic rings. The molecule has 0 radical (unpaired) electrons. The first-order valence-electron chi connectivity index (χ1n) is 8.31. The van der Waals surface area contributed by atoms with Gasteiger partial charge in [-0.25, -0.2) is 23.7 Å². The maximum absolute atomic E-state index is 12.6. The fourth-order valence-electron chi connectivity index (χ4n) is 2.85. The Labute approximate surface area is 149 Å². The third-order valence-corrected chi connectivity index (χ3v) is 4.01. The van der Waals surface area contributed by atoms with Gasteiger partial charge in [0.2, 0.25) is 17.7 Å². The second-order valence-corrected chi connectivity index (χ2v) is 5.79. The second kappa shape index (κ2) is 8.50. The van der Waals surface area contributed by atoms with E-state index in [1.165, 1.54) is 6.20 Å². The Morgan fingerprint density at radius 1 is 1.27 bits per heavy atom. The van der Waals surface area contributed by atoms with Crippen LogP contribution in [0.5, 0.6) is 5.88 Å². The number of rotatable bonds is 7. The summed E-state index contributed by atoms with van der Waals surface area (Å²) in [5, 5.41) is 2.83. The fraction of sp³-hybridized carbons (Fsp3) is 0.412. The lowest BCUT2D eigenvalue weighted by atomic mass is 10.2. The summed E-state index contributed by atoms with van der Waals surface area (Å²) in [7, 11) is 0. The summed E-state index contributed by atoms with van der Waals surface area (Å²) in [6.45, 7) is 0.114. The van der Waals surface area contributed by atoms with E-state index in [9.17, 15) is 13.6 Å². The van der Waals surface area contributed by atoms with Gasteiger partial charge in [-0.2, -0.15) is 0 Å². The van der Waals surface area contributed by atoms with Crippen molar-refractivity contribution < 1.29 is 18.3 Å². The van der Waals surface area contributed by atoms with Crippen molar-refractivity contribution in [3.8, 4) is 5.88 Å². The Kier molecular flexibility index (Phi) is 5.88. The van der Waals surface area contributed by atoms with E-state index in [-0.39, 0.29) is 24.4 Å². The van der Waals surface area contributed by atoms with Crippen LogP contribution < -0.4 is 15.0 Å². The number of alkyl halides is 2. The number of hydrogen-bond acceptors (Lipinski definition) is 6. The molecule has 1 fully saturated rings. The SMILES string of the molecule is O=C(NCc1cccnc1OCC(F)F)C1CCCN1c1ncccn1. The molecule has 9 heteroatoms. The molecule has 0 saturated carbocycles. The van der Waals surface area contributed by atoms with Crippen LogP contribution in [-0.2, 0) is 11.3 Å². The largest absolute Gasteiger partial charge is 0.471 e. The van der Waals surface area contributed by atoms with E-state index in [2.05, 4.69) is 20.3 Å². The Morgan fingerprint density at radius 2 is 2.04 bits per heavy atom. The fourth-order valence-corrected chi connectivity index (χ4v) is 2.85. The quantitative estimate of drug-likeness (QED) is 0.808. The van der Waals surface area contributed by atoms with Gasteiger partial charge in [0.1, 0.15) is 6.04 Å². The molecule has 7 nitrogen and oxygen atoms in total. The Bertz CT molecular complexity index is 732. The number of carbonyl (C=O) groups is 1. The van der Waals surface area contributed by atoms with E-state index in [0.29, 0.717) is 24.5 Å². The molecule has 1 amide bonds. The molecular weight excluding hydrogens is 344 g/mol. The van der Waals surface area contributed by atoms with Crippen LogP contribution in [0, 0.1) is 0 Å². The van der Waals surface area contributed by atoms with Gasteiger partial charge in [0.15, 0.2) is 6.61 Å². The van der Waals surface area contributed by atoms with E-state index < -0.39 is 13.0 Å². The lowest BCUT2D eigenvalue weighted by Gasteiger charge is -2.23. The van der Waals surface area contributed by atoms with Crippen LogP contribution >= 0.6 is 0 Å². The van der Waals surface area contributed by atoms with Crippen molar-refractivity contribution in [3.63, 3.8) is 0 Å². The molecule has 138 valence electrons. The van der Waals surface area contributed by atoms with Crippen LogP contribution in [0.2, 0.25) is 0 Å². The van der Waals surface area contributed by atoms with Crippen molar-refractivity contribution in [1.29, 1.82) is 0 Å². The van der Waals surface area contributed by atoms with Gasteiger partial charge in [0, 0.05) is 37.2 Å². The summed E-state index contributed by atoms with van der Waals surface area (Å²) in [6.07, 6.45) is 3.71. The summed E-state index contributed by atoms with van der Waals surface area (Å²) < 4.78 is 29.7. The number of amides is 1. The minimum Gasteiger partial charge on any atom is -0.471 e. The monoisotopic (exact) mass is 363 g/mol. The van der Waals surface area contributed by atoms with Crippen LogP contribution in [0.3, 0.4) is 0 Å². The van der Waals surface area contributed by atoms with Crippen LogP contribution in [0.4, 0.5) is 14.7 Å². The molecular formula is C17H19F2N5O2. The van der Waals surface area contributed by atoms with Gasteiger partial charge < -0.3 is 15.0 Å².